The third-order valence-electron chi connectivity index (χ3n) is 15.1. The number of phenolic OH excluding ortho intramolecular Hbond substituents is 1. The topological polar surface area (TPSA) is 212 Å². The molecule has 0 saturated carbocycles. The highest BCUT2D eigenvalue weighted by Crippen LogP contribution is 2.43. The third-order valence-corrected chi connectivity index (χ3v) is 16.4. The maximum Gasteiger partial charge on any atom is 0.410 e. The Balaban J connectivity index is 0.783. The summed E-state index contributed by atoms with van der Waals surface area (Å²) in [6.07, 6.45) is 0.508. The Bertz CT molecular complexity index is 3260. The number of amides is 4. The standard InChI is InChI=1S/C60H73ClFN9O9S/c1-35(37-14-16-38(17-15-37)52-36(2)63-34-81-52)64-55(75)47-30-41(73)32-71(47)56(76)53(59(3,4)5)65-48(74)33-79-42-18-21-68(22-19-42)20-11-27-78-57-66-51-45(54(67-57)69-23-25-70(26-24-69)58(77)80-60(6,7)8)31-46(61)49(50(51)62)44-29-40(72)28-39-12-9-10-13-43(39)44/h9-10,12-17,28-29,31,34-35,41-42,47,53,72-73H,11,18-27,30,32-33H2,1-8H3,(H,64,75)(H,65,74)/t35-,41+,47-,53+/m0/s1. The first-order valence-electron chi connectivity index (χ1n) is 27.7. The fourth-order valence-corrected chi connectivity index (χ4v) is 11.9. The first-order chi connectivity index (χ1) is 38.5. The van der Waals surface area contributed by atoms with Gasteiger partial charge in [0.2, 0.25) is 17.7 Å². The minimum Gasteiger partial charge on any atom is -0.508 e. The number of benzene rings is 4. The number of β-amino-alcohol motifs (C(OH)–C–C–N with tert-alkyl or cyclic N) is 1. The number of piperazine rings is 1. The van der Waals surface area contributed by atoms with Crippen LogP contribution in [0.4, 0.5) is 15.0 Å². The van der Waals surface area contributed by atoms with E-state index in [0.29, 0.717) is 92.6 Å². The van der Waals surface area contributed by atoms with E-state index in [2.05, 4.69) is 25.5 Å². The van der Waals surface area contributed by atoms with E-state index in [1.807, 2.05) is 114 Å². The van der Waals surface area contributed by atoms with Crippen LogP contribution in [-0.2, 0) is 23.9 Å². The van der Waals surface area contributed by atoms with Gasteiger partial charge in [-0.05, 0) is 105 Å². The molecule has 3 aliphatic rings. The number of likely N-dealkylation sites (tertiary alicyclic amines) is 2. The average molecular weight is 1150 g/mol. The Morgan fingerprint density at radius 2 is 1.63 bits per heavy atom. The predicted molar refractivity (Wildman–Crippen MR) is 311 cm³/mol. The van der Waals surface area contributed by atoms with Crippen LogP contribution in [-0.4, -0.2) is 159 Å². The Morgan fingerprint density at radius 3 is 2.31 bits per heavy atom. The number of rotatable bonds is 16. The summed E-state index contributed by atoms with van der Waals surface area (Å²) >= 11 is 8.52. The molecule has 0 aliphatic carbocycles. The summed E-state index contributed by atoms with van der Waals surface area (Å²) in [5.74, 6) is -1.61. The summed E-state index contributed by atoms with van der Waals surface area (Å²) < 4.78 is 35.1. The van der Waals surface area contributed by atoms with Crippen molar-refractivity contribution in [3.63, 3.8) is 0 Å². The Labute approximate surface area is 480 Å². The van der Waals surface area contributed by atoms with Gasteiger partial charge >= 0.3 is 12.1 Å². The SMILES string of the molecule is Cc1ncsc1-c1ccc([C@H](C)NC(=O)[C@@H]2C[C@@H](O)CN2C(=O)[C@@H](NC(=O)COC2CCN(CCCOc3nc(N4CCN(C(=O)OC(C)(C)C)CC4)c4cc(Cl)c(-c5cc(O)cc6ccccc56)c(F)c4n3)CC2)C(C)(C)C)cc1. The van der Waals surface area contributed by atoms with Crippen LogP contribution in [0.2, 0.25) is 5.02 Å². The zero-order valence-corrected chi connectivity index (χ0v) is 48.8. The monoisotopic (exact) mass is 1150 g/mol. The number of aryl methyl sites for hydroxylation is 1. The number of hydrogen-bond donors (Lipinski definition) is 4. The number of thiazole rings is 1. The van der Waals surface area contributed by atoms with Crippen LogP contribution >= 0.6 is 22.9 Å². The van der Waals surface area contributed by atoms with Gasteiger partial charge in [-0.15, -0.1) is 11.3 Å². The number of halogens is 2. The molecule has 18 nitrogen and oxygen atoms in total. The van der Waals surface area contributed by atoms with Gasteiger partial charge in [0.05, 0.1) is 46.0 Å². The van der Waals surface area contributed by atoms with E-state index in [0.717, 1.165) is 21.7 Å². The molecular formula is C60H73ClFN9O9S. The molecule has 21 heteroatoms. The molecule has 3 fully saturated rings. The molecule has 0 bridgehead atoms. The number of carbonyl (C=O) groups excluding carboxylic acids is 4. The number of ether oxygens (including phenoxy) is 3. The van der Waals surface area contributed by atoms with Crippen molar-refractivity contribution in [1.82, 2.24) is 40.3 Å². The van der Waals surface area contributed by atoms with Crippen molar-refractivity contribution in [3.8, 4) is 33.3 Å². The van der Waals surface area contributed by atoms with Gasteiger partial charge < -0.3 is 54.7 Å². The molecule has 5 heterocycles. The van der Waals surface area contributed by atoms with Crippen molar-refractivity contribution in [2.75, 3.05) is 70.5 Å². The van der Waals surface area contributed by atoms with E-state index in [1.165, 1.54) is 11.0 Å². The zero-order valence-electron chi connectivity index (χ0n) is 47.3. The molecule has 0 radical (unpaired) electrons. The van der Waals surface area contributed by atoms with Gasteiger partial charge in [0.1, 0.15) is 41.4 Å². The second-order valence-electron chi connectivity index (χ2n) is 23.4. The number of aromatic nitrogens is 3. The molecule has 4 amide bonds. The molecule has 3 aliphatic heterocycles. The van der Waals surface area contributed by atoms with E-state index in [9.17, 15) is 29.4 Å². The highest BCUT2D eigenvalue weighted by molar-refractivity contribution is 7.13. The van der Waals surface area contributed by atoms with Gasteiger partial charge in [-0.25, -0.2) is 14.2 Å². The number of piperidine rings is 1. The summed E-state index contributed by atoms with van der Waals surface area (Å²) in [5, 5.41) is 29.3. The molecule has 2 aromatic heterocycles. The van der Waals surface area contributed by atoms with Gasteiger partial charge in [-0.3, -0.25) is 14.4 Å². The summed E-state index contributed by atoms with van der Waals surface area (Å²) in [6.45, 7) is 18.3. The minimum atomic E-state index is -0.994. The highest BCUT2D eigenvalue weighted by atomic mass is 35.5. The van der Waals surface area contributed by atoms with E-state index in [1.54, 1.807) is 28.4 Å². The lowest BCUT2D eigenvalue weighted by molar-refractivity contribution is -0.145. The molecule has 432 valence electrons. The fraction of sp³-hybridized carbons (Fsp3) is 0.483. The van der Waals surface area contributed by atoms with Crippen molar-refractivity contribution in [2.24, 2.45) is 5.41 Å². The number of carbonyl (C=O) groups is 4. The van der Waals surface area contributed by atoms with E-state index >= 15 is 4.39 Å². The maximum absolute atomic E-state index is 17.2. The smallest absolute Gasteiger partial charge is 0.410 e. The lowest BCUT2D eigenvalue weighted by Gasteiger charge is -2.36. The number of hydrogen-bond acceptors (Lipinski definition) is 15. The maximum atomic E-state index is 17.2. The number of aliphatic hydroxyl groups is 1. The second-order valence-corrected chi connectivity index (χ2v) is 24.6. The molecule has 4 atom stereocenters. The number of nitrogens with one attached hydrogen (secondary N) is 2. The first kappa shape index (κ1) is 58.9. The van der Waals surface area contributed by atoms with E-state index < -0.39 is 52.9 Å². The number of fused-ring (bicyclic) bond motifs is 2. The van der Waals surface area contributed by atoms with E-state index in [4.69, 9.17) is 30.8 Å². The lowest BCUT2D eigenvalue weighted by atomic mass is 9.85. The van der Waals surface area contributed by atoms with E-state index in [-0.39, 0.29) is 72.1 Å². The van der Waals surface area contributed by atoms with Crippen LogP contribution in [0.3, 0.4) is 0 Å². The number of phenols is 1. The Hall–Kier alpha value is -6.71. The summed E-state index contributed by atoms with van der Waals surface area (Å²) in [7, 11) is 0. The van der Waals surface area contributed by atoms with Crippen molar-refractivity contribution in [2.45, 2.75) is 117 Å². The van der Waals surface area contributed by atoms with Crippen LogP contribution in [0.25, 0.3) is 43.2 Å². The fourth-order valence-electron chi connectivity index (χ4n) is 10.8. The lowest BCUT2D eigenvalue weighted by Crippen LogP contribution is -2.58. The quantitative estimate of drug-likeness (QED) is 0.0666. The zero-order chi connectivity index (χ0) is 57.9. The number of anilines is 1. The van der Waals surface area contributed by atoms with Gasteiger partial charge in [0.15, 0.2) is 5.82 Å². The normalized spacial score (nSPS) is 18.3. The van der Waals surface area contributed by atoms with Crippen molar-refractivity contribution >= 4 is 74.2 Å². The molecule has 4 aromatic carbocycles. The van der Waals surface area contributed by atoms with Gasteiger partial charge in [0, 0.05) is 69.7 Å². The molecule has 81 heavy (non-hydrogen) atoms. The van der Waals surface area contributed by atoms with Gasteiger partial charge in [-0.1, -0.05) is 80.9 Å². The van der Waals surface area contributed by atoms with Crippen LogP contribution in [0.1, 0.15) is 91.4 Å². The Kier molecular flexibility index (Phi) is 18.0. The molecule has 0 unspecified atom stereocenters. The second kappa shape index (κ2) is 24.8. The van der Waals surface area contributed by atoms with Crippen LogP contribution < -0.4 is 20.3 Å². The minimum absolute atomic E-state index is 0.000588. The predicted octanol–water partition coefficient (Wildman–Crippen LogP) is 9.06. The van der Waals surface area contributed by atoms with Crippen LogP contribution in [0.15, 0.2) is 72.2 Å². The summed E-state index contributed by atoms with van der Waals surface area (Å²) in [6, 6.07) is 17.7. The first-order valence-corrected chi connectivity index (χ1v) is 29.0. The largest absolute Gasteiger partial charge is 0.508 e. The summed E-state index contributed by atoms with van der Waals surface area (Å²) in [4.78, 5) is 76.7. The average Bonchev–Trinajstić information content (AvgIpc) is 4.10. The van der Waals surface area contributed by atoms with Crippen LogP contribution in [0, 0.1) is 18.2 Å². The molecular weight excluding hydrogens is 1080 g/mol. The molecule has 3 saturated heterocycles. The van der Waals surface area contributed by atoms with Crippen LogP contribution in [0.5, 0.6) is 11.8 Å². The molecule has 6 aromatic rings. The molecule has 0 spiro atoms. The third kappa shape index (κ3) is 14.0. The number of aromatic hydroxyl groups is 1. The summed E-state index contributed by atoms with van der Waals surface area (Å²) in [5.41, 5.74) is 3.80. The van der Waals surface area contributed by atoms with Crippen molar-refractivity contribution < 1.29 is 48.0 Å². The van der Waals surface area contributed by atoms with Gasteiger partial charge in [0.25, 0.3) is 0 Å². The number of nitrogens with zero attached hydrogens (tertiary/aromatic N) is 7. The Morgan fingerprint density at radius 1 is 0.914 bits per heavy atom. The molecule has 9 rings (SSSR count). The number of aliphatic hydroxyl groups excluding tert-OH is 1. The molecule has 4 N–H and O–H groups in total. The van der Waals surface area contributed by atoms with Gasteiger partial charge in [-0.2, -0.15) is 9.97 Å². The van der Waals surface area contributed by atoms with Crippen molar-refractivity contribution in [3.05, 3.63) is 94.3 Å². The highest BCUT2D eigenvalue weighted by Gasteiger charge is 2.45. The van der Waals surface area contributed by atoms with Crippen molar-refractivity contribution in [1.29, 1.82) is 0 Å².